The zero-order valence-electron chi connectivity index (χ0n) is 12.6. The zero-order chi connectivity index (χ0) is 14.4. The lowest BCUT2D eigenvalue weighted by atomic mass is 10.2. The summed E-state index contributed by atoms with van der Waals surface area (Å²) in [7, 11) is 0. The average Bonchev–Trinajstić information content (AvgIpc) is 2.85. The Kier molecular flexibility index (Phi) is 5.53. The van der Waals surface area contributed by atoms with E-state index in [2.05, 4.69) is 26.1 Å². The van der Waals surface area contributed by atoms with Gasteiger partial charge >= 0.3 is 0 Å². The van der Waals surface area contributed by atoms with E-state index in [1.807, 2.05) is 18.2 Å². The molecule has 0 spiro atoms. The van der Waals surface area contributed by atoms with Crippen molar-refractivity contribution in [3.8, 4) is 17.2 Å². The second-order valence-corrected chi connectivity index (χ2v) is 5.68. The number of fused-ring (bicyclic) bond motifs is 1. The molecule has 1 atom stereocenters. The van der Waals surface area contributed by atoms with Crippen LogP contribution in [0.3, 0.4) is 0 Å². The highest BCUT2D eigenvalue weighted by molar-refractivity contribution is 5.46. The van der Waals surface area contributed by atoms with Crippen molar-refractivity contribution in [1.82, 2.24) is 5.32 Å². The largest absolute Gasteiger partial charge is 0.491 e. The van der Waals surface area contributed by atoms with Gasteiger partial charge in [0.25, 0.3) is 0 Å². The molecule has 0 saturated heterocycles. The molecule has 0 amide bonds. The van der Waals surface area contributed by atoms with Gasteiger partial charge in [0.1, 0.15) is 5.75 Å². The van der Waals surface area contributed by atoms with E-state index in [0.29, 0.717) is 12.7 Å². The van der Waals surface area contributed by atoms with Crippen LogP contribution >= 0.6 is 0 Å². The van der Waals surface area contributed by atoms with Crippen LogP contribution in [-0.2, 0) is 0 Å². The second kappa shape index (κ2) is 7.39. The van der Waals surface area contributed by atoms with Gasteiger partial charge in [-0.3, -0.25) is 0 Å². The summed E-state index contributed by atoms with van der Waals surface area (Å²) < 4.78 is 16.5. The van der Waals surface area contributed by atoms with Crippen molar-refractivity contribution in [2.45, 2.75) is 39.7 Å². The Balaban J connectivity index is 1.68. The lowest BCUT2D eigenvalue weighted by Crippen LogP contribution is -2.22. The third kappa shape index (κ3) is 4.60. The summed E-state index contributed by atoms with van der Waals surface area (Å²) in [6.45, 7) is 8.98. The molecule has 1 unspecified atom stereocenters. The molecule has 0 saturated carbocycles. The SMILES string of the molecule is CC(C)CNCCCC(C)Oc1ccc2c(c1)OCO2. The van der Waals surface area contributed by atoms with Gasteiger partial charge < -0.3 is 19.5 Å². The third-order valence-electron chi connectivity index (χ3n) is 3.20. The number of ether oxygens (including phenoxy) is 3. The van der Waals surface area contributed by atoms with Gasteiger partial charge in [-0.25, -0.2) is 0 Å². The molecule has 0 bridgehead atoms. The molecule has 2 rings (SSSR count). The Morgan fingerprint density at radius 3 is 2.80 bits per heavy atom. The summed E-state index contributed by atoms with van der Waals surface area (Å²) >= 11 is 0. The van der Waals surface area contributed by atoms with Crippen LogP contribution in [-0.4, -0.2) is 26.0 Å². The number of nitrogens with one attached hydrogen (secondary N) is 1. The molecule has 1 aromatic carbocycles. The number of hydrogen-bond donors (Lipinski definition) is 1. The lowest BCUT2D eigenvalue weighted by Gasteiger charge is -2.15. The first-order valence-electron chi connectivity index (χ1n) is 7.42. The molecule has 0 fully saturated rings. The van der Waals surface area contributed by atoms with E-state index in [1.54, 1.807) is 0 Å². The Labute approximate surface area is 121 Å². The van der Waals surface area contributed by atoms with Crippen molar-refractivity contribution in [2.75, 3.05) is 19.9 Å². The van der Waals surface area contributed by atoms with Crippen molar-refractivity contribution in [3.05, 3.63) is 18.2 Å². The fourth-order valence-corrected chi connectivity index (χ4v) is 2.15. The maximum atomic E-state index is 5.90. The maximum Gasteiger partial charge on any atom is 0.231 e. The van der Waals surface area contributed by atoms with E-state index in [0.717, 1.165) is 43.2 Å². The fourth-order valence-electron chi connectivity index (χ4n) is 2.15. The van der Waals surface area contributed by atoms with Gasteiger partial charge in [0.05, 0.1) is 6.10 Å². The molecule has 1 aromatic rings. The van der Waals surface area contributed by atoms with Gasteiger partial charge in [-0.05, 0) is 50.9 Å². The van der Waals surface area contributed by atoms with Crippen molar-refractivity contribution < 1.29 is 14.2 Å². The van der Waals surface area contributed by atoms with Gasteiger partial charge in [0.2, 0.25) is 6.79 Å². The van der Waals surface area contributed by atoms with Crippen LogP contribution in [0.25, 0.3) is 0 Å². The van der Waals surface area contributed by atoms with E-state index in [-0.39, 0.29) is 6.10 Å². The van der Waals surface area contributed by atoms with Gasteiger partial charge in [-0.1, -0.05) is 13.8 Å². The van der Waals surface area contributed by atoms with Crippen LogP contribution in [0.1, 0.15) is 33.6 Å². The summed E-state index contributed by atoms with van der Waals surface area (Å²) in [4.78, 5) is 0. The first kappa shape index (κ1) is 15.0. The normalized spacial score (nSPS) is 14.6. The van der Waals surface area contributed by atoms with E-state index < -0.39 is 0 Å². The highest BCUT2D eigenvalue weighted by Crippen LogP contribution is 2.35. The molecule has 1 aliphatic heterocycles. The van der Waals surface area contributed by atoms with Crippen LogP contribution < -0.4 is 19.5 Å². The number of rotatable bonds is 8. The van der Waals surface area contributed by atoms with Crippen molar-refractivity contribution in [2.24, 2.45) is 5.92 Å². The van der Waals surface area contributed by atoms with Crippen molar-refractivity contribution in [3.63, 3.8) is 0 Å². The Morgan fingerprint density at radius 1 is 1.20 bits per heavy atom. The van der Waals surface area contributed by atoms with Crippen molar-refractivity contribution in [1.29, 1.82) is 0 Å². The van der Waals surface area contributed by atoms with Crippen LogP contribution in [0, 0.1) is 5.92 Å². The summed E-state index contributed by atoms with van der Waals surface area (Å²) in [6.07, 6.45) is 2.37. The smallest absolute Gasteiger partial charge is 0.231 e. The standard InChI is InChI=1S/C16H25NO3/c1-12(2)10-17-8-4-5-13(3)20-14-6-7-15-16(9-14)19-11-18-15/h6-7,9,12-13,17H,4-5,8,10-11H2,1-3H3. The molecule has 1 N–H and O–H groups in total. The first-order chi connectivity index (χ1) is 9.65. The molecule has 20 heavy (non-hydrogen) atoms. The fraction of sp³-hybridized carbons (Fsp3) is 0.625. The minimum absolute atomic E-state index is 0.205. The number of hydrogen-bond acceptors (Lipinski definition) is 4. The Bertz CT molecular complexity index is 420. The lowest BCUT2D eigenvalue weighted by molar-refractivity contribution is 0.173. The van der Waals surface area contributed by atoms with Gasteiger partial charge in [-0.2, -0.15) is 0 Å². The van der Waals surface area contributed by atoms with E-state index >= 15 is 0 Å². The van der Waals surface area contributed by atoms with E-state index in [4.69, 9.17) is 14.2 Å². The monoisotopic (exact) mass is 279 g/mol. The van der Waals surface area contributed by atoms with Gasteiger partial charge in [0.15, 0.2) is 11.5 Å². The summed E-state index contributed by atoms with van der Waals surface area (Å²) in [5, 5.41) is 3.45. The molecule has 4 heteroatoms. The molecule has 0 aliphatic carbocycles. The highest BCUT2D eigenvalue weighted by atomic mass is 16.7. The van der Waals surface area contributed by atoms with Gasteiger partial charge in [0, 0.05) is 6.07 Å². The van der Waals surface area contributed by atoms with Gasteiger partial charge in [-0.15, -0.1) is 0 Å². The Hall–Kier alpha value is -1.42. The minimum Gasteiger partial charge on any atom is -0.491 e. The maximum absolute atomic E-state index is 5.90. The quantitative estimate of drug-likeness (QED) is 0.742. The molecular formula is C16H25NO3. The molecular weight excluding hydrogens is 254 g/mol. The van der Waals surface area contributed by atoms with Crippen LogP contribution in [0.4, 0.5) is 0 Å². The van der Waals surface area contributed by atoms with Crippen LogP contribution in [0.15, 0.2) is 18.2 Å². The Morgan fingerprint density at radius 2 is 2.00 bits per heavy atom. The summed E-state index contributed by atoms with van der Waals surface area (Å²) in [5.74, 6) is 3.12. The molecule has 1 heterocycles. The van der Waals surface area contributed by atoms with Crippen molar-refractivity contribution >= 4 is 0 Å². The third-order valence-corrected chi connectivity index (χ3v) is 3.20. The molecule has 0 radical (unpaired) electrons. The topological polar surface area (TPSA) is 39.7 Å². The first-order valence-corrected chi connectivity index (χ1v) is 7.42. The molecule has 1 aliphatic rings. The number of benzene rings is 1. The molecule has 112 valence electrons. The van der Waals surface area contributed by atoms with E-state index in [1.165, 1.54) is 0 Å². The van der Waals surface area contributed by atoms with E-state index in [9.17, 15) is 0 Å². The molecule has 4 nitrogen and oxygen atoms in total. The average molecular weight is 279 g/mol. The molecule has 0 aromatic heterocycles. The summed E-state index contributed by atoms with van der Waals surface area (Å²) in [5.41, 5.74) is 0. The second-order valence-electron chi connectivity index (χ2n) is 5.68. The van der Waals surface area contributed by atoms with Crippen LogP contribution in [0.2, 0.25) is 0 Å². The summed E-state index contributed by atoms with van der Waals surface area (Å²) in [6, 6.07) is 5.73. The zero-order valence-corrected chi connectivity index (χ0v) is 12.6. The van der Waals surface area contributed by atoms with Crippen LogP contribution in [0.5, 0.6) is 17.2 Å². The minimum atomic E-state index is 0.205. The predicted molar refractivity (Wildman–Crippen MR) is 79.6 cm³/mol. The highest BCUT2D eigenvalue weighted by Gasteiger charge is 2.14. The predicted octanol–water partition coefficient (Wildman–Crippen LogP) is 3.21.